The summed E-state index contributed by atoms with van der Waals surface area (Å²) in [5, 5.41) is 50.4. The second kappa shape index (κ2) is 16.6. The normalized spacial score (nSPS) is 32.6. The summed E-state index contributed by atoms with van der Waals surface area (Å²) in [6.45, 7) is 17.9. The fourth-order valence-corrected chi connectivity index (χ4v) is 9.41. The van der Waals surface area contributed by atoms with Crippen LogP contribution in [-0.4, -0.2) is 88.3 Å². The van der Waals surface area contributed by atoms with Gasteiger partial charge in [-0.2, -0.15) is 4.57 Å². The number of aromatic hydroxyl groups is 3. The number of ether oxygens (including phenoxy) is 5. The van der Waals surface area contributed by atoms with Crippen LogP contribution in [-0.2, 0) is 23.7 Å². The van der Waals surface area contributed by atoms with Crippen LogP contribution in [0.15, 0.2) is 60.7 Å². The molecular weight excluding hydrogens is 783 g/mol. The number of allylic oxidation sites excluding steroid dienone is 2. The minimum Gasteiger partial charge on any atom is -0.507 e. The van der Waals surface area contributed by atoms with Crippen molar-refractivity contribution in [1.29, 1.82) is 0 Å². The predicted molar refractivity (Wildman–Crippen MR) is 229 cm³/mol. The number of aromatic nitrogens is 1. The molecule has 0 radical (unpaired) electrons. The molecule has 9 unspecified atom stereocenters. The average molecular weight is 843 g/mol. The summed E-state index contributed by atoms with van der Waals surface area (Å²) >= 11 is 0. The van der Waals surface area contributed by atoms with Gasteiger partial charge in [0.1, 0.15) is 11.5 Å². The molecule has 5 N–H and O–H groups in total. The molecule has 3 aromatic rings. The minimum atomic E-state index is -1.98. The summed E-state index contributed by atoms with van der Waals surface area (Å²) in [6.07, 6.45) is 11.5. The number of nitrogens with zero attached hydrogens (tertiary/aromatic N) is 2. The van der Waals surface area contributed by atoms with Crippen LogP contribution in [0.4, 0.5) is 11.4 Å². The third kappa shape index (κ3) is 7.83. The first-order chi connectivity index (χ1) is 28.8. The molecule has 7 bridgehead atoms. The van der Waals surface area contributed by atoms with Gasteiger partial charge in [-0.1, -0.05) is 45.9 Å². The van der Waals surface area contributed by atoms with E-state index in [1.165, 1.54) is 27.2 Å². The van der Waals surface area contributed by atoms with E-state index in [1.54, 1.807) is 42.1 Å². The highest BCUT2D eigenvalue weighted by Gasteiger charge is 2.51. The Kier molecular flexibility index (Phi) is 12.0. The molecule has 1 aromatic heterocycles. The van der Waals surface area contributed by atoms with Crippen molar-refractivity contribution < 1.29 is 58.3 Å². The number of rotatable bonds is 3. The number of amides is 1. The molecular formula is C47H60N3O11+. The van der Waals surface area contributed by atoms with Crippen LogP contribution >= 0.6 is 0 Å². The van der Waals surface area contributed by atoms with Crippen molar-refractivity contribution in [3.8, 4) is 28.7 Å². The molecule has 9 atom stereocenters. The predicted octanol–water partition coefficient (Wildman–Crippen LogP) is 6.86. The van der Waals surface area contributed by atoms with Gasteiger partial charge in [0.2, 0.25) is 0 Å². The highest BCUT2D eigenvalue weighted by molar-refractivity contribution is 6.22. The van der Waals surface area contributed by atoms with Crippen LogP contribution in [0.5, 0.6) is 23.0 Å². The lowest BCUT2D eigenvalue weighted by Gasteiger charge is -2.49. The standard InChI is InChI=1S/C47H59N3O11/c1-24-14-13-15-25(2)45(56)48-35-36(50-21-16-30(17-22-50)49-19-11-12-20-49)40(54)32-33(39(35)53)38(52)28(5)43-34(32)44(55)47(9,61-43)58-23-18-31(57-10)26(3)37(51)27(4)42-29(6)41(24)59-46(7,8)60-42/h13-18,21-24,26-27,29,31,37,41-42,51H,11-12,19-20H2,1-10H3,(H3-,48,52,53,54,55,56)/p+1/b14-13+,23-18+,25-15-. The van der Waals surface area contributed by atoms with Crippen molar-refractivity contribution in [2.24, 2.45) is 23.7 Å². The molecule has 6 heterocycles. The molecule has 5 aliphatic rings. The number of Topliss-reactive ketones (excluding diaryl/α,β-unsaturated/α-hetero) is 1. The van der Waals surface area contributed by atoms with E-state index in [4.69, 9.17) is 23.7 Å². The minimum absolute atomic E-state index is 0.0436. The highest BCUT2D eigenvalue weighted by Crippen LogP contribution is 2.55. The second-order valence-corrected chi connectivity index (χ2v) is 17.7. The topological polar surface area (TPSA) is 180 Å². The molecule has 0 saturated carbocycles. The third-order valence-electron chi connectivity index (χ3n) is 13.0. The number of hydrogen-bond donors (Lipinski definition) is 5. The van der Waals surface area contributed by atoms with Gasteiger partial charge >= 0.3 is 5.79 Å². The van der Waals surface area contributed by atoms with Crippen LogP contribution in [0.1, 0.15) is 84.2 Å². The van der Waals surface area contributed by atoms with Gasteiger partial charge in [0, 0.05) is 79.8 Å². The molecule has 2 aromatic carbocycles. The number of ketones is 1. The average Bonchev–Trinajstić information content (AvgIpc) is 3.86. The SMILES string of the molecule is COC1/C=C/OC2(C)Oc3c(C)c(O)c4c(O)c(c(-[n+]5ccc(N6CCCC6)cc5)c(O)c4c3C2=O)NC(=O)/C(C)=C\C=C\C(C)C2OC(C)(C)OC(C(C)C(O)C1C)C2C. The third-order valence-corrected chi connectivity index (χ3v) is 13.0. The first kappa shape index (κ1) is 43.9. The number of hydrogen-bond acceptors (Lipinski definition) is 12. The first-order valence-corrected chi connectivity index (χ1v) is 21.1. The van der Waals surface area contributed by atoms with Crippen molar-refractivity contribution in [3.05, 3.63) is 71.8 Å². The molecule has 0 spiro atoms. The molecule has 61 heavy (non-hydrogen) atoms. The summed E-state index contributed by atoms with van der Waals surface area (Å²) < 4.78 is 32.6. The largest absolute Gasteiger partial charge is 0.507 e. The number of phenols is 3. The van der Waals surface area contributed by atoms with Crippen molar-refractivity contribution in [2.75, 3.05) is 30.4 Å². The zero-order valence-corrected chi connectivity index (χ0v) is 36.7. The number of phenolic OH excluding ortho intramolecular Hbond substituents is 3. The van der Waals surface area contributed by atoms with E-state index in [0.717, 1.165) is 31.6 Å². The lowest BCUT2D eigenvalue weighted by atomic mass is 9.77. The Morgan fingerprint density at radius 3 is 2.18 bits per heavy atom. The Labute approximate surface area is 357 Å². The van der Waals surface area contributed by atoms with Gasteiger partial charge in [0.25, 0.3) is 17.4 Å². The number of carbonyl (C=O) groups is 2. The lowest BCUT2D eigenvalue weighted by molar-refractivity contribution is -0.595. The van der Waals surface area contributed by atoms with E-state index < -0.39 is 64.7 Å². The van der Waals surface area contributed by atoms with Crippen LogP contribution in [0.25, 0.3) is 16.5 Å². The van der Waals surface area contributed by atoms with Crippen molar-refractivity contribution in [3.63, 3.8) is 0 Å². The van der Waals surface area contributed by atoms with Gasteiger partial charge < -0.3 is 54.3 Å². The molecule has 5 aliphatic heterocycles. The number of pyridine rings is 1. The molecule has 14 nitrogen and oxygen atoms in total. The number of carbonyl (C=O) groups excluding carboxylic acids is 2. The molecule has 328 valence electrons. The molecule has 2 saturated heterocycles. The fourth-order valence-electron chi connectivity index (χ4n) is 9.41. The summed E-state index contributed by atoms with van der Waals surface area (Å²) in [6, 6.07) is 3.74. The number of anilines is 2. The Morgan fingerprint density at radius 1 is 0.869 bits per heavy atom. The van der Waals surface area contributed by atoms with E-state index in [1.807, 2.05) is 59.8 Å². The van der Waals surface area contributed by atoms with E-state index in [9.17, 15) is 30.0 Å². The van der Waals surface area contributed by atoms with E-state index in [-0.39, 0.29) is 68.5 Å². The molecule has 14 heteroatoms. The lowest BCUT2D eigenvalue weighted by Crippen LogP contribution is -2.56. The Hall–Kier alpha value is -5.15. The van der Waals surface area contributed by atoms with Gasteiger partial charge in [-0.15, -0.1) is 0 Å². The number of aliphatic hydroxyl groups is 1. The maximum absolute atomic E-state index is 14.6. The number of methoxy groups -OCH3 is 1. The van der Waals surface area contributed by atoms with Crippen molar-refractivity contribution in [1.82, 2.24) is 0 Å². The van der Waals surface area contributed by atoms with E-state index in [0.29, 0.717) is 0 Å². The van der Waals surface area contributed by atoms with Gasteiger partial charge in [-0.3, -0.25) is 9.59 Å². The van der Waals surface area contributed by atoms with E-state index >= 15 is 0 Å². The number of benzene rings is 2. The van der Waals surface area contributed by atoms with Crippen LogP contribution in [0.3, 0.4) is 0 Å². The van der Waals surface area contributed by atoms with Crippen LogP contribution < -0.4 is 19.5 Å². The van der Waals surface area contributed by atoms with Crippen LogP contribution in [0.2, 0.25) is 0 Å². The monoisotopic (exact) mass is 842 g/mol. The van der Waals surface area contributed by atoms with Crippen molar-refractivity contribution >= 4 is 33.8 Å². The highest BCUT2D eigenvalue weighted by atomic mass is 16.7. The van der Waals surface area contributed by atoms with Gasteiger partial charge in [-0.25, -0.2) is 0 Å². The van der Waals surface area contributed by atoms with Crippen molar-refractivity contribution in [2.45, 2.75) is 111 Å². The Balaban J connectivity index is 1.40. The smallest absolute Gasteiger partial charge is 0.312 e. The van der Waals surface area contributed by atoms with E-state index in [2.05, 4.69) is 10.2 Å². The molecule has 0 aliphatic carbocycles. The Bertz CT molecular complexity index is 2300. The maximum atomic E-state index is 14.6. The summed E-state index contributed by atoms with van der Waals surface area (Å²) in [4.78, 5) is 30.8. The fraction of sp³-hybridized carbons (Fsp3) is 0.511. The molecule has 8 rings (SSSR count). The van der Waals surface area contributed by atoms with Crippen LogP contribution in [0, 0.1) is 30.6 Å². The quantitative estimate of drug-likeness (QED) is 0.105. The number of aliphatic hydroxyl groups excluding tert-OH is 1. The maximum Gasteiger partial charge on any atom is 0.312 e. The molecule has 1 amide bonds. The van der Waals surface area contributed by atoms with Gasteiger partial charge in [0.05, 0.1) is 47.0 Å². The number of nitrogens with one attached hydrogen (secondary N) is 1. The second-order valence-electron chi connectivity index (χ2n) is 17.7. The Morgan fingerprint density at radius 2 is 1.52 bits per heavy atom. The summed E-state index contributed by atoms with van der Waals surface area (Å²) in [5.74, 6) is -6.94. The molecule has 2 fully saturated rings. The van der Waals surface area contributed by atoms with Gasteiger partial charge in [0.15, 0.2) is 35.4 Å². The summed E-state index contributed by atoms with van der Waals surface area (Å²) in [7, 11) is 1.52. The zero-order valence-electron chi connectivity index (χ0n) is 36.7. The zero-order chi connectivity index (χ0) is 44.3. The number of fused-ring (bicyclic) bond motifs is 10. The summed E-state index contributed by atoms with van der Waals surface area (Å²) in [5.41, 5.74) is 0.975. The first-order valence-electron chi connectivity index (χ1n) is 21.1. The van der Waals surface area contributed by atoms with Gasteiger partial charge in [-0.05, 0) is 46.6 Å².